The van der Waals surface area contributed by atoms with Crippen LogP contribution in [0.4, 0.5) is 5.69 Å². The van der Waals surface area contributed by atoms with Crippen LogP contribution in [0, 0.1) is 11.8 Å². The number of methoxy groups -OCH3 is 1. The first kappa shape index (κ1) is 18.4. The average Bonchev–Trinajstić information content (AvgIpc) is 2.65. The zero-order valence-corrected chi connectivity index (χ0v) is 16.4. The van der Waals surface area contributed by atoms with Crippen molar-refractivity contribution in [1.82, 2.24) is 0 Å². The van der Waals surface area contributed by atoms with Gasteiger partial charge in [-0.05, 0) is 59.6 Å². The standard InChI is InChI=1S/C22H23NO2S/c1-22(2)11-12-26-20-10-8-15(13-18(20)22)5-6-16-7-9-17(21(24)25-4)19(14-16)23-3/h7-10,13-14,23H,11-12H2,1-4H3. The Balaban J connectivity index is 1.92. The highest BCUT2D eigenvalue weighted by molar-refractivity contribution is 7.99. The number of carbonyl (C=O) groups excluding carboxylic acids is 1. The largest absolute Gasteiger partial charge is 0.465 e. The predicted octanol–water partition coefficient (Wildman–Crippen LogP) is 4.69. The minimum atomic E-state index is -0.358. The predicted molar refractivity (Wildman–Crippen MR) is 108 cm³/mol. The fourth-order valence-corrected chi connectivity index (χ4v) is 4.56. The molecule has 2 aromatic rings. The number of hydrogen-bond donors (Lipinski definition) is 1. The normalized spacial score (nSPS) is 14.6. The highest BCUT2D eigenvalue weighted by Crippen LogP contribution is 2.41. The molecule has 0 aromatic heterocycles. The van der Waals surface area contributed by atoms with Gasteiger partial charge in [-0.15, -0.1) is 11.8 Å². The van der Waals surface area contributed by atoms with E-state index in [-0.39, 0.29) is 11.4 Å². The molecule has 4 heteroatoms. The molecule has 3 nitrogen and oxygen atoms in total. The first-order chi connectivity index (χ1) is 12.4. The van der Waals surface area contributed by atoms with Gasteiger partial charge in [0.15, 0.2) is 0 Å². The van der Waals surface area contributed by atoms with Gasteiger partial charge in [-0.3, -0.25) is 0 Å². The van der Waals surface area contributed by atoms with Gasteiger partial charge in [0.25, 0.3) is 0 Å². The second-order valence-electron chi connectivity index (χ2n) is 6.95. The lowest BCUT2D eigenvalue weighted by molar-refractivity contribution is 0.0602. The summed E-state index contributed by atoms with van der Waals surface area (Å²) in [5.74, 6) is 7.28. The lowest BCUT2D eigenvalue weighted by Gasteiger charge is -2.32. The Hall–Kier alpha value is -2.38. The monoisotopic (exact) mass is 365 g/mol. The molecule has 0 unspecified atom stereocenters. The molecule has 1 N–H and O–H groups in total. The minimum Gasteiger partial charge on any atom is -0.465 e. The molecule has 0 radical (unpaired) electrons. The van der Waals surface area contributed by atoms with Gasteiger partial charge in [-0.25, -0.2) is 4.79 Å². The fraction of sp³-hybridized carbons (Fsp3) is 0.318. The van der Waals surface area contributed by atoms with Crippen molar-refractivity contribution in [3.8, 4) is 11.8 Å². The van der Waals surface area contributed by atoms with Gasteiger partial charge in [0.05, 0.1) is 12.7 Å². The van der Waals surface area contributed by atoms with Gasteiger partial charge >= 0.3 is 5.97 Å². The van der Waals surface area contributed by atoms with E-state index in [2.05, 4.69) is 49.2 Å². The lowest BCUT2D eigenvalue weighted by Crippen LogP contribution is -2.22. The lowest BCUT2D eigenvalue weighted by atomic mass is 9.81. The maximum absolute atomic E-state index is 11.8. The Morgan fingerprint density at radius 2 is 1.85 bits per heavy atom. The van der Waals surface area contributed by atoms with Gasteiger partial charge in [0, 0.05) is 28.8 Å². The fourth-order valence-electron chi connectivity index (χ4n) is 3.07. The summed E-state index contributed by atoms with van der Waals surface area (Å²) in [6.07, 6.45) is 1.18. The summed E-state index contributed by atoms with van der Waals surface area (Å²) < 4.78 is 4.80. The van der Waals surface area contributed by atoms with Gasteiger partial charge in [-0.1, -0.05) is 25.7 Å². The van der Waals surface area contributed by atoms with Gasteiger partial charge < -0.3 is 10.1 Å². The summed E-state index contributed by atoms with van der Waals surface area (Å²) >= 11 is 1.93. The molecule has 2 aromatic carbocycles. The minimum absolute atomic E-state index is 0.194. The number of anilines is 1. The summed E-state index contributed by atoms with van der Waals surface area (Å²) in [4.78, 5) is 13.1. The molecule has 134 valence electrons. The van der Waals surface area contributed by atoms with E-state index in [9.17, 15) is 4.79 Å². The number of hydrogen-bond acceptors (Lipinski definition) is 4. The molecule has 26 heavy (non-hydrogen) atoms. The second-order valence-corrected chi connectivity index (χ2v) is 8.08. The molecule has 0 spiro atoms. The maximum Gasteiger partial charge on any atom is 0.339 e. The summed E-state index contributed by atoms with van der Waals surface area (Å²) in [5.41, 5.74) is 4.67. The summed E-state index contributed by atoms with van der Waals surface area (Å²) in [7, 11) is 3.16. The van der Waals surface area contributed by atoms with Gasteiger partial charge in [-0.2, -0.15) is 0 Å². The highest BCUT2D eigenvalue weighted by atomic mass is 32.2. The van der Waals surface area contributed by atoms with E-state index in [4.69, 9.17) is 4.74 Å². The zero-order chi connectivity index (χ0) is 18.7. The van der Waals surface area contributed by atoms with Gasteiger partial charge in [0.1, 0.15) is 0 Å². The van der Waals surface area contributed by atoms with Crippen LogP contribution < -0.4 is 5.32 Å². The number of carbonyl (C=O) groups is 1. The number of benzene rings is 2. The smallest absolute Gasteiger partial charge is 0.339 e. The summed E-state index contributed by atoms with van der Waals surface area (Å²) in [5, 5.41) is 3.03. The van der Waals surface area contributed by atoms with Crippen molar-refractivity contribution in [1.29, 1.82) is 0 Å². The van der Waals surface area contributed by atoms with Crippen LogP contribution in [0.15, 0.2) is 41.3 Å². The molecule has 3 rings (SSSR count). The number of nitrogens with one attached hydrogen (secondary N) is 1. The number of esters is 1. The molecule has 1 aliphatic rings. The molecule has 0 amide bonds. The Morgan fingerprint density at radius 1 is 1.15 bits per heavy atom. The number of thioether (sulfide) groups is 1. The summed E-state index contributed by atoms with van der Waals surface area (Å²) in [6.45, 7) is 4.60. The van der Waals surface area contributed by atoms with E-state index in [1.54, 1.807) is 13.1 Å². The third-order valence-electron chi connectivity index (χ3n) is 4.74. The van der Waals surface area contributed by atoms with E-state index in [0.717, 1.165) is 11.1 Å². The molecule has 0 bridgehead atoms. The first-order valence-electron chi connectivity index (χ1n) is 8.64. The van der Waals surface area contributed by atoms with Crippen molar-refractivity contribution in [3.63, 3.8) is 0 Å². The van der Waals surface area contributed by atoms with E-state index < -0.39 is 0 Å². The van der Waals surface area contributed by atoms with Crippen LogP contribution >= 0.6 is 11.8 Å². The van der Waals surface area contributed by atoms with Gasteiger partial charge in [0.2, 0.25) is 0 Å². The van der Waals surface area contributed by atoms with Crippen molar-refractivity contribution < 1.29 is 9.53 Å². The van der Waals surface area contributed by atoms with Crippen LogP contribution in [0.2, 0.25) is 0 Å². The third kappa shape index (κ3) is 3.73. The molecule has 0 atom stereocenters. The number of fused-ring (bicyclic) bond motifs is 1. The van der Waals surface area contributed by atoms with Crippen molar-refractivity contribution in [2.75, 3.05) is 25.2 Å². The quantitative estimate of drug-likeness (QED) is 0.619. The summed E-state index contributed by atoms with van der Waals surface area (Å²) in [6, 6.07) is 12.0. The molecule has 0 saturated carbocycles. The van der Waals surface area contributed by atoms with Crippen LogP contribution in [0.5, 0.6) is 0 Å². The van der Waals surface area contributed by atoms with Crippen LogP contribution in [-0.2, 0) is 10.2 Å². The van der Waals surface area contributed by atoms with E-state index in [1.807, 2.05) is 23.9 Å². The maximum atomic E-state index is 11.8. The Kier molecular flexibility index (Phi) is 5.29. The Labute approximate surface area is 159 Å². The zero-order valence-electron chi connectivity index (χ0n) is 15.6. The number of ether oxygens (including phenoxy) is 1. The third-order valence-corrected chi connectivity index (χ3v) is 5.81. The van der Waals surface area contributed by atoms with E-state index in [0.29, 0.717) is 11.3 Å². The molecule has 1 heterocycles. The van der Waals surface area contributed by atoms with Crippen LogP contribution in [0.25, 0.3) is 0 Å². The van der Waals surface area contributed by atoms with Crippen LogP contribution in [-0.4, -0.2) is 25.9 Å². The second kappa shape index (κ2) is 7.47. The molecule has 0 fully saturated rings. The average molecular weight is 365 g/mol. The van der Waals surface area contributed by atoms with Crippen LogP contribution in [0.3, 0.4) is 0 Å². The molecular formula is C22H23NO2S. The van der Waals surface area contributed by atoms with Crippen molar-refractivity contribution in [3.05, 3.63) is 58.7 Å². The topological polar surface area (TPSA) is 38.3 Å². The SMILES string of the molecule is CNc1cc(C#Cc2ccc3c(c2)C(C)(C)CCS3)ccc1C(=O)OC. The van der Waals surface area contributed by atoms with Crippen LogP contribution in [0.1, 0.15) is 47.3 Å². The Bertz CT molecular complexity index is 906. The molecule has 0 saturated heterocycles. The van der Waals surface area contributed by atoms with Crippen molar-refractivity contribution >= 4 is 23.4 Å². The van der Waals surface area contributed by atoms with E-state index in [1.165, 1.54) is 29.7 Å². The van der Waals surface area contributed by atoms with Crippen molar-refractivity contribution in [2.45, 2.75) is 30.6 Å². The molecular weight excluding hydrogens is 342 g/mol. The number of rotatable bonds is 2. The Morgan fingerprint density at radius 3 is 2.54 bits per heavy atom. The molecule has 0 aliphatic carbocycles. The van der Waals surface area contributed by atoms with E-state index >= 15 is 0 Å². The molecule has 1 aliphatic heterocycles. The van der Waals surface area contributed by atoms with Crippen molar-refractivity contribution in [2.24, 2.45) is 0 Å². The first-order valence-corrected chi connectivity index (χ1v) is 9.62. The highest BCUT2D eigenvalue weighted by Gasteiger charge is 2.27.